The zero-order valence-electron chi connectivity index (χ0n) is 20.4. The molecule has 0 unspecified atom stereocenters. The summed E-state index contributed by atoms with van der Waals surface area (Å²) in [7, 11) is 0. The molecule has 190 valence electrons. The highest BCUT2D eigenvalue weighted by molar-refractivity contribution is 6.30. The molecule has 2 aliphatic rings. The Kier molecular flexibility index (Phi) is 8.86. The van der Waals surface area contributed by atoms with E-state index in [-0.39, 0.29) is 36.2 Å². The number of hydrogen-bond donors (Lipinski definition) is 2. The van der Waals surface area contributed by atoms with Crippen LogP contribution in [0.1, 0.15) is 49.8 Å². The summed E-state index contributed by atoms with van der Waals surface area (Å²) < 4.78 is 5.84. The molecule has 6 nitrogen and oxygen atoms in total. The molecule has 0 bridgehead atoms. The monoisotopic (exact) mass is 519 g/mol. The van der Waals surface area contributed by atoms with E-state index in [4.69, 9.17) is 22.1 Å². The maximum Gasteiger partial charge on any atom is 0.247 e. The molecule has 0 aromatic heterocycles. The van der Waals surface area contributed by atoms with Gasteiger partial charge in [-0.2, -0.15) is 0 Å². The lowest BCUT2D eigenvalue weighted by Crippen LogP contribution is -2.59. The molecular weight excluding hydrogens is 485 g/mol. The Morgan fingerprint density at radius 3 is 2.43 bits per heavy atom. The molecule has 1 saturated heterocycles. The van der Waals surface area contributed by atoms with Gasteiger partial charge in [-0.1, -0.05) is 48.0 Å². The summed E-state index contributed by atoms with van der Waals surface area (Å²) >= 11 is 5.95. The minimum atomic E-state index is -1.09. The van der Waals surface area contributed by atoms with Gasteiger partial charge in [-0.05, 0) is 73.8 Å². The average molecular weight is 521 g/mol. The van der Waals surface area contributed by atoms with Crippen molar-refractivity contribution >= 4 is 35.8 Å². The first-order chi connectivity index (χ1) is 16.2. The van der Waals surface area contributed by atoms with Crippen LogP contribution >= 0.6 is 24.0 Å². The molecule has 4 rings (SSSR count). The lowest BCUT2D eigenvalue weighted by molar-refractivity contribution is -0.140. The maximum absolute atomic E-state index is 13.5. The molecule has 0 saturated carbocycles. The number of nitrogens with one attached hydrogen (secondary N) is 1. The lowest BCUT2D eigenvalue weighted by atomic mass is 9.74. The van der Waals surface area contributed by atoms with E-state index in [0.29, 0.717) is 24.7 Å². The predicted molar refractivity (Wildman–Crippen MR) is 141 cm³/mol. The van der Waals surface area contributed by atoms with Crippen LogP contribution in [0.25, 0.3) is 0 Å². The van der Waals surface area contributed by atoms with Crippen molar-refractivity contribution in [2.75, 3.05) is 19.7 Å². The number of benzene rings is 2. The van der Waals surface area contributed by atoms with Crippen molar-refractivity contribution in [3.05, 3.63) is 70.2 Å². The van der Waals surface area contributed by atoms with Crippen LogP contribution in [0, 0.1) is 0 Å². The normalized spacial score (nSPS) is 17.4. The molecule has 2 aromatic rings. The van der Waals surface area contributed by atoms with Crippen molar-refractivity contribution < 1.29 is 14.3 Å². The third kappa shape index (κ3) is 6.36. The smallest absolute Gasteiger partial charge is 0.247 e. The Bertz CT molecular complexity index is 1030. The van der Waals surface area contributed by atoms with E-state index in [1.165, 1.54) is 11.1 Å². The zero-order valence-corrected chi connectivity index (χ0v) is 22.0. The van der Waals surface area contributed by atoms with E-state index in [0.717, 1.165) is 31.2 Å². The van der Waals surface area contributed by atoms with E-state index < -0.39 is 11.6 Å². The lowest BCUT2D eigenvalue weighted by Gasteiger charge is -2.41. The molecule has 1 atom stereocenters. The van der Waals surface area contributed by atoms with Crippen LogP contribution in [0.5, 0.6) is 0 Å². The molecule has 1 fully saturated rings. The fourth-order valence-corrected chi connectivity index (χ4v) is 5.18. The van der Waals surface area contributed by atoms with E-state index in [2.05, 4.69) is 29.6 Å². The van der Waals surface area contributed by atoms with Crippen LogP contribution in [-0.4, -0.2) is 48.0 Å². The Balaban J connectivity index is 0.00000342. The van der Waals surface area contributed by atoms with Gasteiger partial charge in [0.2, 0.25) is 11.8 Å². The van der Waals surface area contributed by atoms with Crippen molar-refractivity contribution in [2.24, 2.45) is 5.73 Å². The fourth-order valence-electron chi connectivity index (χ4n) is 5.05. The largest absolute Gasteiger partial charge is 0.374 e. The van der Waals surface area contributed by atoms with Crippen LogP contribution in [0.15, 0.2) is 48.5 Å². The third-order valence-corrected chi connectivity index (χ3v) is 7.40. The Morgan fingerprint density at radius 2 is 1.77 bits per heavy atom. The summed E-state index contributed by atoms with van der Waals surface area (Å²) in [6, 6.07) is 15.3. The number of nitrogens with zero attached hydrogens (tertiary/aromatic N) is 1. The number of fused-ring (bicyclic) bond motifs is 2. The Labute approximate surface area is 218 Å². The number of nitrogens with two attached hydrogens (primary N) is 1. The van der Waals surface area contributed by atoms with E-state index in [9.17, 15) is 9.59 Å². The van der Waals surface area contributed by atoms with Crippen molar-refractivity contribution in [1.82, 2.24) is 10.2 Å². The molecule has 1 spiro atoms. The summed E-state index contributed by atoms with van der Waals surface area (Å²) in [4.78, 5) is 27.9. The minimum absolute atomic E-state index is 0. The summed E-state index contributed by atoms with van der Waals surface area (Å²) in [6.07, 6.45) is 4.11. The molecule has 3 N–H and O–H groups in total. The van der Waals surface area contributed by atoms with Crippen LogP contribution in [0.3, 0.4) is 0 Å². The van der Waals surface area contributed by atoms with Gasteiger partial charge in [-0.3, -0.25) is 9.59 Å². The highest BCUT2D eigenvalue weighted by atomic mass is 35.5. The third-order valence-electron chi connectivity index (χ3n) is 7.15. The fraction of sp³-hybridized carbons (Fsp3) is 0.481. The second kappa shape index (κ2) is 11.3. The number of piperidine rings is 1. The van der Waals surface area contributed by atoms with Gasteiger partial charge in [0.1, 0.15) is 6.04 Å². The quantitative estimate of drug-likeness (QED) is 0.578. The molecular formula is C27H35Cl2N3O3. The topological polar surface area (TPSA) is 84.7 Å². The predicted octanol–water partition coefficient (Wildman–Crippen LogP) is 4.01. The molecule has 1 aliphatic heterocycles. The maximum atomic E-state index is 13.5. The van der Waals surface area contributed by atoms with Crippen LogP contribution in [0.4, 0.5) is 0 Å². The summed E-state index contributed by atoms with van der Waals surface area (Å²) in [6.45, 7) is 4.99. The Hall–Kier alpha value is -2.12. The highest BCUT2D eigenvalue weighted by Crippen LogP contribution is 2.46. The number of ether oxygens (including phenoxy) is 1. The highest BCUT2D eigenvalue weighted by Gasteiger charge is 2.42. The van der Waals surface area contributed by atoms with E-state index in [1.54, 1.807) is 26.0 Å². The van der Waals surface area contributed by atoms with Crippen molar-refractivity contribution in [2.45, 2.75) is 63.1 Å². The van der Waals surface area contributed by atoms with Crippen molar-refractivity contribution in [3.63, 3.8) is 0 Å². The number of hydrogen-bond acceptors (Lipinski definition) is 4. The van der Waals surface area contributed by atoms with Gasteiger partial charge in [0.25, 0.3) is 0 Å². The number of amides is 2. The molecule has 2 aromatic carbocycles. The zero-order chi connectivity index (χ0) is 24.3. The van der Waals surface area contributed by atoms with Crippen molar-refractivity contribution in [3.8, 4) is 0 Å². The van der Waals surface area contributed by atoms with Gasteiger partial charge in [0, 0.05) is 18.1 Å². The van der Waals surface area contributed by atoms with Crippen LogP contribution in [-0.2, 0) is 32.8 Å². The van der Waals surface area contributed by atoms with Crippen LogP contribution < -0.4 is 11.1 Å². The first-order valence-electron chi connectivity index (χ1n) is 12.0. The standard InChI is InChI=1S/C27H34ClN3O3.ClH/c1-26(2,29)25(33)30-23(18-34-17-19-7-9-21(28)10-8-19)24(32)31-15-13-27(14-16-31)12-11-20-5-3-4-6-22(20)27;/h3-10,23H,11-18,29H2,1-2H3,(H,30,33);1H/t23-;/m1./s1. The minimum Gasteiger partial charge on any atom is -0.374 e. The second-order valence-electron chi connectivity index (χ2n) is 10.2. The van der Waals surface area contributed by atoms with E-state index in [1.807, 2.05) is 17.0 Å². The summed E-state index contributed by atoms with van der Waals surface area (Å²) in [5.74, 6) is -0.492. The van der Waals surface area contributed by atoms with Gasteiger partial charge in [0.05, 0.1) is 18.8 Å². The number of halogens is 2. The molecule has 35 heavy (non-hydrogen) atoms. The van der Waals surface area contributed by atoms with Gasteiger partial charge in [0.15, 0.2) is 0 Å². The second-order valence-corrected chi connectivity index (χ2v) is 10.6. The SMILES string of the molecule is CC(C)(N)C(=O)N[C@H](COCc1ccc(Cl)cc1)C(=O)N1CCC2(CCc3ccccc32)CC1.Cl. The first-order valence-corrected chi connectivity index (χ1v) is 12.3. The number of likely N-dealkylation sites (tertiary alicyclic amines) is 1. The molecule has 1 heterocycles. The number of carbonyl (C=O) groups excluding carboxylic acids is 2. The van der Waals surface area contributed by atoms with Gasteiger partial charge >= 0.3 is 0 Å². The molecule has 0 radical (unpaired) electrons. The summed E-state index contributed by atoms with van der Waals surface area (Å²) in [5, 5.41) is 3.48. The average Bonchev–Trinajstić information content (AvgIpc) is 3.17. The van der Waals surface area contributed by atoms with Crippen molar-refractivity contribution in [1.29, 1.82) is 0 Å². The number of aryl methyl sites for hydroxylation is 1. The number of carbonyl (C=O) groups is 2. The molecule has 2 amide bonds. The van der Waals surface area contributed by atoms with E-state index >= 15 is 0 Å². The molecule has 1 aliphatic carbocycles. The number of rotatable bonds is 7. The molecule has 8 heteroatoms. The van der Waals surface area contributed by atoms with Gasteiger partial charge in [-0.25, -0.2) is 0 Å². The van der Waals surface area contributed by atoms with Crippen LogP contribution in [0.2, 0.25) is 5.02 Å². The Morgan fingerprint density at radius 1 is 1.11 bits per heavy atom. The van der Waals surface area contributed by atoms with Gasteiger partial charge < -0.3 is 20.7 Å². The first kappa shape index (κ1) is 27.5. The summed E-state index contributed by atoms with van der Waals surface area (Å²) in [5.41, 5.74) is 8.88. The van der Waals surface area contributed by atoms with Gasteiger partial charge in [-0.15, -0.1) is 12.4 Å².